The Hall–Kier alpha value is -1.47. The van der Waals surface area contributed by atoms with Gasteiger partial charge in [0.1, 0.15) is 18.1 Å². The third-order valence-electron chi connectivity index (χ3n) is 2.66. The maximum atomic E-state index is 11.9. The van der Waals surface area contributed by atoms with Crippen molar-refractivity contribution in [3.8, 4) is 11.5 Å². The molecule has 4 nitrogen and oxygen atoms in total. The maximum absolute atomic E-state index is 11.9. The highest BCUT2D eigenvalue weighted by Gasteiger charge is 2.27. The Morgan fingerprint density at radius 3 is 2.65 bits per heavy atom. The minimum absolute atomic E-state index is 0.0609. The van der Waals surface area contributed by atoms with Crippen LogP contribution in [0.15, 0.2) is 18.2 Å². The van der Waals surface area contributed by atoms with Crippen LogP contribution in [0, 0.1) is 0 Å². The van der Waals surface area contributed by atoms with E-state index in [1.165, 1.54) is 13.2 Å². The molecule has 1 unspecified atom stereocenters. The zero-order chi connectivity index (χ0) is 15.2. The van der Waals surface area contributed by atoms with Gasteiger partial charge in [0.15, 0.2) is 0 Å². The van der Waals surface area contributed by atoms with Crippen LogP contribution in [0.3, 0.4) is 0 Å². The van der Waals surface area contributed by atoms with Gasteiger partial charge >= 0.3 is 6.18 Å². The molecule has 20 heavy (non-hydrogen) atoms. The van der Waals surface area contributed by atoms with Gasteiger partial charge in [-0.15, -0.1) is 0 Å². The number of ether oxygens (including phenoxy) is 2. The number of phenolic OH excluding ortho intramolecular Hbond substituents is 1. The highest BCUT2D eigenvalue weighted by atomic mass is 19.4. The molecule has 0 amide bonds. The van der Waals surface area contributed by atoms with Crippen LogP contribution in [0.4, 0.5) is 13.2 Å². The molecule has 0 heterocycles. The number of phenols is 1. The molecule has 0 saturated heterocycles. The van der Waals surface area contributed by atoms with E-state index in [1.54, 1.807) is 19.1 Å². The Bertz CT molecular complexity index is 424. The quantitative estimate of drug-likeness (QED) is 0.759. The van der Waals surface area contributed by atoms with Crippen molar-refractivity contribution >= 4 is 0 Å². The fourth-order valence-electron chi connectivity index (χ4n) is 1.65. The van der Waals surface area contributed by atoms with Gasteiger partial charge in [-0.3, -0.25) is 0 Å². The van der Waals surface area contributed by atoms with E-state index >= 15 is 0 Å². The molecule has 0 saturated carbocycles. The third kappa shape index (κ3) is 5.66. The fourth-order valence-corrected chi connectivity index (χ4v) is 1.65. The summed E-state index contributed by atoms with van der Waals surface area (Å²) in [6, 6.07) is 4.56. The molecule has 1 aromatic rings. The summed E-state index contributed by atoms with van der Waals surface area (Å²) in [6.45, 7) is 0.716. The number of benzene rings is 1. The molecular formula is C13H18F3NO3. The minimum Gasteiger partial charge on any atom is -0.508 e. The van der Waals surface area contributed by atoms with Crippen LogP contribution in [0.25, 0.3) is 0 Å². The SMILES string of the molecule is COc1ccc(O)c(C(C)NCCOCC(F)(F)F)c1. The first-order valence-corrected chi connectivity index (χ1v) is 6.08. The Balaban J connectivity index is 2.41. The molecule has 0 aliphatic heterocycles. The predicted octanol–water partition coefficient (Wildman–Crippen LogP) is 2.63. The van der Waals surface area contributed by atoms with Gasteiger partial charge in [-0.1, -0.05) is 0 Å². The largest absolute Gasteiger partial charge is 0.508 e. The van der Waals surface area contributed by atoms with Crippen LogP contribution in [0.5, 0.6) is 11.5 Å². The smallest absolute Gasteiger partial charge is 0.411 e. The fraction of sp³-hybridized carbons (Fsp3) is 0.538. The first kappa shape index (κ1) is 16.6. The molecule has 7 heteroatoms. The lowest BCUT2D eigenvalue weighted by Gasteiger charge is -2.16. The van der Waals surface area contributed by atoms with Crippen molar-refractivity contribution < 1.29 is 27.8 Å². The van der Waals surface area contributed by atoms with Crippen molar-refractivity contribution in [2.75, 3.05) is 26.9 Å². The van der Waals surface area contributed by atoms with Crippen molar-refractivity contribution in [1.29, 1.82) is 0 Å². The van der Waals surface area contributed by atoms with Gasteiger partial charge in [-0.25, -0.2) is 0 Å². The number of aromatic hydroxyl groups is 1. The van der Waals surface area contributed by atoms with Crippen molar-refractivity contribution in [3.63, 3.8) is 0 Å². The van der Waals surface area contributed by atoms with Crippen LogP contribution in [-0.4, -0.2) is 38.2 Å². The van der Waals surface area contributed by atoms with Gasteiger partial charge in [0.05, 0.1) is 13.7 Å². The normalized spacial score (nSPS) is 13.2. The van der Waals surface area contributed by atoms with Gasteiger partial charge < -0.3 is 19.9 Å². The Labute approximate surface area is 115 Å². The first-order valence-electron chi connectivity index (χ1n) is 6.08. The van der Waals surface area contributed by atoms with E-state index in [0.29, 0.717) is 11.3 Å². The highest BCUT2D eigenvalue weighted by molar-refractivity contribution is 5.41. The van der Waals surface area contributed by atoms with Crippen LogP contribution >= 0.6 is 0 Å². The van der Waals surface area contributed by atoms with E-state index in [-0.39, 0.29) is 24.9 Å². The lowest BCUT2D eigenvalue weighted by molar-refractivity contribution is -0.173. The van der Waals surface area contributed by atoms with Crippen molar-refractivity contribution in [2.45, 2.75) is 19.1 Å². The van der Waals surface area contributed by atoms with Gasteiger partial charge in [0.2, 0.25) is 0 Å². The summed E-state index contributed by atoms with van der Waals surface area (Å²) in [7, 11) is 1.51. The number of rotatable bonds is 7. The summed E-state index contributed by atoms with van der Waals surface area (Å²) in [5.41, 5.74) is 0.611. The van der Waals surface area contributed by atoms with Crippen LogP contribution in [0.1, 0.15) is 18.5 Å². The summed E-state index contributed by atoms with van der Waals surface area (Å²) in [5.74, 6) is 0.696. The van der Waals surface area contributed by atoms with Gasteiger partial charge in [-0.2, -0.15) is 13.2 Å². The molecule has 0 aliphatic rings. The zero-order valence-corrected chi connectivity index (χ0v) is 11.3. The number of hydrogen-bond donors (Lipinski definition) is 2. The molecular weight excluding hydrogens is 275 g/mol. The molecule has 0 bridgehead atoms. The maximum Gasteiger partial charge on any atom is 0.411 e. The van der Waals surface area contributed by atoms with E-state index in [2.05, 4.69) is 10.1 Å². The van der Waals surface area contributed by atoms with E-state index in [0.717, 1.165) is 0 Å². The van der Waals surface area contributed by atoms with Crippen molar-refractivity contribution in [1.82, 2.24) is 5.32 Å². The summed E-state index contributed by atoms with van der Waals surface area (Å²) < 4.78 is 45.1. The minimum atomic E-state index is -4.31. The Morgan fingerprint density at radius 2 is 2.05 bits per heavy atom. The third-order valence-corrected chi connectivity index (χ3v) is 2.66. The van der Waals surface area contributed by atoms with Crippen molar-refractivity contribution in [3.05, 3.63) is 23.8 Å². The van der Waals surface area contributed by atoms with Crippen LogP contribution in [0.2, 0.25) is 0 Å². The van der Waals surface area contributed by atoms with E-state index in [1.807, 2.05) is 0 Å². The predicted molar refractivity (Wildman–Crippen MR) is 68.0 cm³/mol. The van der Waals surface area contributed by atoms with Crippen LogP contribution < -0.4 is 10.1 Å². The molecule has 1 atom stereocenters. The zero-order valence-electron chi connectivity index (χ0n) is 11.3. The lowest BCUT2D eigenvalue weighted by atomic mass is 10.1. The molecule has 1 aromatic carbocycles. The lowest BCUT2D eigenvalue weighted by Crippen LogP contribution is -2.26. The molecule has 0 aliphatic carbocycles. The topological polar surface area (TPSA) is 50.7 Å². The second-order valence-electron chi connectivity index (χ2n) is 4.27. The summed E-state index contributed by atoms with van der Waals surface area (Å²) in [6.07, 6.45) is -4.31. The molecule has 0 fully saturated rings. The number of alkyl halides is 3. The monoisotopic (exact) mass is 293 g/mol. The molecule has 2 N–H and O–H groups in total. The number of hydrogen-bond acceptors (Lipinski definition) is 4. The second-order valence-corrected chi connectivity index (χ2v) is 4.27. The Kier molecular flexibility index (Phi) is 6.09. The molecule has 0 aromatic heterocycles. The first-order chi connectivity index (χ1) is 9.33. The van der Waals surface area contributed by atoms with E-state index in [4.69, 9.17) is 4.74 Å². The van der Waals surface area contributed by atoms with Gasteiger partial charge in [0.25, 0.3) is 0 Å². The van der Waals surface area contributed by atoms with E-state index in [9.17, 15) is 18.3 Å². The van der Waals surface area contributed by atoms with Crippen LogP contribution in [-0.2, 0) is 4.74 Å². The average Bonchev–Trinajstić information content (AvgIpc) is 2.37. The summed E-state index contributed by atoms with van der Waals surface area (Å²) >= 11 is 0. The second kappa shape index (κ2) is 7.35. The molecule has 0 radical (unpaired) electrons. The number of nitrogens with one attached hydrogen (secondary N) is 1. The number of methoxy groups -OCH3 is 1. The summed E-state index contributed by atoms with van der Waals surface area (Å²) in [5, 5.41) is 12.7. The summed E-state index contributed by atoms with van der Waals surface area (Å²) in [4.78, 5) is 0. The van der Waals surface area contributed by atoms with Gasteiger partial charge in [-0.05, 0) is 25.1 Å². The standard InChI is InChI=1S/C13H18F3NO3/c1-9(17-5-6-20-8-13(14,15)16)11-7-10(19-2)3-4-12(11)18/h3-4,7,9,17-18H,5-6,8H2,1-2H3. The highest BCUT2D eigenvalue weighted by Crippen LogP contribution is 2.28. The molecule has 114 valence electrons. The van der Waals surface area contributed by atoms with E-state index < -0.39 is 12.8 Å². The average molecular weight is 293 g/mol. The van der Waals surface area contributed by atoms with Gasteiger partial charge in [0, 0.05) is 18.2 Å². The Morgan fingerprint density at radius 1 is 1.35 bits per heavy atom. The molecule has 0 spiro atoms. The molecule has 1 rings (SSSR count). The van der Waals surface area contributed by atoms with Crippen molar-refractivity contribution in [2.24, 2.45) is 0 Å². The number of halogens is 3.